The molecule has 25 heavy (non-hydrogen) atoms. The quantitative estimate of drug-likeness (QED) is 0.919. The molecule has 1 saturated heterocycles. The van der Waals surface area contributed by atoms with E-state index in [0.717, 1.165) is 24.0 Å². The van der Waals surface area contributed by atoms with Gasteiger partial charge in [-0.3, -0.25) is 4.90 Å². The lowest BCUT2D eigenvalue weighted by atomic mass is 10.2. The van der Waals surface area contributed by atoms with E-state index in [4.69, 9.17) is 0 Å². The number of nitrogens with one attached hydrogen (secondary N) is 1. The first kappa shape index (κ1) is 16.6. The smallest absolute Gasteiger partial charge is 0.366 e. The summed E-state index contributed by atoms with van der Waals surface area (Å²) < 4.78 is 39.8. The fourth-order valence-electron chi connectivity index (χ4n) is 3.93. The van der Waals surface area contributed by atoms with Gasteiger partial charge in [0.25, 0.3) is 11.6 Å². The Labute approximate surface area is 143 Å². The summed E-state index contributed by atoms with van der Waals surface area (Å²) >= 11 is 0. The average Bonchev–Trinajstić information content (AvgIpc) is 3.25. The molecule has 6 nitrogen and oxygen atoms in total. The van der Waals surface area contributed by atoms with E-state index < -0.39 is 12.0 Å². The fourth-order valence-corrected chi connectivity index (χ4v) is 3.93. The Morgan fingerprint density at radius 2 is 1.92 bits per heavy atom. The van der Waals surface area contributed by atoms with Crippen LogP contribution in [0.15, 0.2) is 6.07 Å². The van der Waals surface area contributed by atoms with Crippen LogP contribution < -0.4 is 5.32 Å². The molecule has 0 radical (unpaired) electrons. The Bertz CT molecular complexity index is 765. The normalized spacial score (nSPS) is 23.0. The SMILES string of the molecule is Cc1cc(NC2CCN(C3CCCC3)C2)n2nc(C(F)(F)F)nc2n1. The third kappa shape index (κ3) is 3.29. The van der Waals surface area contributed by atoms with Gasteiger partial charge < -0.3 is 5.32 Å². The molecule has 2 aromatic heterocycles. The van der Waals surface area contributed by atoms with Crippen LogP contribution in [0.5, 0.6) is 0 Å². The molecule has 0 bridgehead atoms. The van der Waals surface area contributed by atoms with Crippen LogP contribution >= 0.6 is 0 Å². The summed E-state index contributed by atoms with van der Waals surface area (Å²) in [6, 6.07) is 2.58. The molecule has 9 heteroatoms. The number of anilines is 1. The summed E-state index contributed by atoms with van der Waals surface area (Å²) in [6.07, 6.45) is 1.49. The highest BCUT2D eigenvalue weighted by Gasteiger charge is 2.37. The zero-order chi connectivity index (χ0) is 17.6. The Morgan fingerprint density at radius 3 is 2.64 bits per heavy atom. The van der Waals surface area contributed by atoms with Crippen LogP contribution in [0.4, 0.5) is 19.0 Å². The number of hydrogen-bond donors (Lipinski definition) is 1. The molecule has 1 saturated carbocycles. The maximum Gasteiger partial charge on any atom is 0.453 e. The van der Waals surface area contributed by atoms with Crippen LogP contribution in [0.2, 0.25) is 0 Å². The second-order valence-electron chi connectivity index (χ2n) is 6.99. The second-order valence-corrected chi connectivity index (χ2v) is 6.99. The van der Waals surface area contributed by atoms with Gasteiger partial charge in [-0.15, -0.1) is 5.10 Å². The van der Waals surface area contributed by atoms with Gasteiger partial charge in [0.2, 0.25) is 0 Å². The van der Waals surface area contributed by atoms with Crippen molar-refractivity contribution in [3.05, 3.63) is 17.6 Å². The van der Waals surface area contributed by atoms with Gasteiger partial charge in [0.1, 0.15) is 5.82 Å². The molecule has 1 atom stereocenters. The molecule has 3 heterocycles. The first-order chi connectivity index (χ1) is 11.9. The number of aryl methyl sites for hydroxylation is 1. The maximum atomic E-state index is 12.9. The lowest BCUT2D eigenvalue weighted by Gasteiger charge is -2.23. The number of aromatic nitrogens is 4. The van der Waals surface area contributed by atoms with Gasteiger partial charge in [0.15, 0.2) is 0 Å². The average molecular weight is 354 g/mol. The number of fused-ring (bicyclic) bond motifs is 1. The van der Waals surface area contributed by atoms with E-state index in [1.807, 2.05) is 0 Å². The largest absolute Gasteiger partial charge is 0.453 e. The molecule has 1 aliphatic carbocycles. The molecule has 1 aliphatic heterocycles. The van der Waals surface area contributed by atoms with E-state index in [9.17, 15) is 13.2 Å². The molecular formula is C16H21F3N6. The summed E-state index contributed by atoms with van der Waals surface area (Å²) in [5, 5.41) is 6.96. The summed E-state index contributed by atoms with van der Waals surface area (Å²) in [5.74, 6) is -0.670. The van der Waals surface area contributed by atoms with E-state index in [1.54, 1.807) is 13.0 Å². The van der Waals surface area contributed by atoms with Gasteiger partial charge in [0, 0.05) is 36.9 Å². The predicted octanol–water partition coefficient (Wildman–Crippen LogP) is 2.88. The van der Waals surface area contributed by atoms with Crippen LogP contribution in [-0.2, 0) is 6.18 Å². The van der Waals surface area contributed by atoms with Gasteiger partial charge >= 0.3 is 6.18 Å². The summed E-state index contributed by atoms with van der Waals surface area (Å²) in [6.45, 7) is 3.68. The molecule has 1 unspecified atom stereocenters. The van der Waals surface area contributed by atoms with Gasteiger partial charge in [-0.05, 0) is 26.2 Å². The first-order valence-corrected chi connectivity index (χ1v) is 8.72. The zero-order valence-corrected chi connectivity index (χ0v) is 14.1. The van der Waals surface area contributed by atoms with Gasteiger partial charge in [-0.2, -0.15) is 22.7 Å². The Balaban J connectivity index is 1.55. The summed E-state index contributed by atoms with van der Waals surface area (Å²) in [5.41, 5.74) is 0.613. The molecule has 1 N–H and O–H groups in total. The zero-order valence-electron chi connectivity index (χ0n) is 14.1. The van der Waals surface area contributed by atoms with Crippen molar-refractivity contribution in [2.75, 3.05) is 18.4 Å². The number of rotatable bonds is 3. The van der Waals surface area contributed by atoms with Crippen LogP contribution in [0.3, 0.4) is 0 Å². The molecule has 2 aliphatic rings. The predicted molar refractivity (Wildman–Crippen MR) is 86.4 cm³/mol. The number of likely N-dealkylation sites (tertiary alicyclic amines) is 1. The highest BCUT2D eigenvalue weighted by molar-refractivity contribution is 5.46. The third-order valence-electron chi connectivity index (χ3n) is 5.11. The summed E-state index contributed by atoms with van der Waals surface area (Å²) in [7, 11) is 0. The highest BCUT2D eigenvalue weighted by atomic mass is 19.4. The molecule has 0 amide bonds. The minimum absolute atomic E-state index is 0.0273. The van der Waals surface area contributed by atoms with E-state index >= 15 is 0 Å². The lowest BCUT2D eigenvalue weighted by molar-refractivity contribution is -0.144. The second kappa shape index (κ2) is 6.12. The molecule has 4 rings (SSSR count). The number of halogens is 3. The Morgan fingerprint density at radius 1 is 1.16 bits per heavy atom. The van der Waals surface area contributed by atoms with Crippen molar-refractivity contribution in [1.29, 1.82) is 0 Å². The summed E-state index contributed by atoms with van der Waals surface area (Å²) in [4.78, 5) is 10.1. The molecule has 0 aromatic carbocycles. The Hall–Kier alpha value is -1.90. The third-order valence-corrected chi connectivity index (χ3v) is 5.11. The van der Waals surface area contributed by atoms with Crippen LogP contribution in [-0.4, -0.2) is 49.7 Å². The molecule has 2 aromatic rings. The number of nitrogens with zero attached hydrogens (tertiary/aromatic N) is 5. The minimum Gasteiger partial charge on any atom is -0.366 e. The van der Waals surface area contributed by atoms with E-state index in [0.29, 0.717) is 17.6 Å². The van der Waals surface area contributed by atoms with Gasteiger partial charge in [0.05, 0.1) is 0 Å². The van der Waals surface area contributed by atoms with Crippen molar-refractivity contribution in [2.24, 2.45) is 0 Å². The minimum atomic E-state index is -4.58. The highest BCUT2D eigenvalue weighted by Crippen LogP contribution is 2.29. The standard InChI is InChI=1S/C16H21F3N6/c1-10-8-13(25-15(20-10)22-14(23-25)16(17,18)19)21-11-6-7-24(9-11)12-4-2-3-5-12/h8,11-12,21H,2-7,9H2,1H3. The van der Waals surface area contributed by atoms with E-state index in [-0.39, 0.29) is 11.8 Å². The molecular weight excluding hydrogens is 333 g/mol. The van der Waals surface area contributed by atoms with Crippen molar-refractivity contribution in [1.82, 2.24) is 24.5 Å². The maximum absolute atomic E-state index is 12.9. The van der Waals surface area contributed by atoms with Crippen LogP contribution in [0, 0.1) is 6.92 Å². The van der Waals surface area contributed by atoms with Crippen molar-refractivity contribution >= 4 is 11.6 Å². The number of hydrogen-bond acceptors (Lipinski definition) is 5. The van der Waals surface area contributed by atoms with E-state index in [2.05, 4.69) is 25.3 Å². The van der Waals surface area contributed by atoms with E-state index in [1.165, 1.54) is 25.7 Å². The first-order valence-electron chi connectivity index (χ1n) is 8.72. The van der Waals surface area contributed by atoms with Crippen molar-refractivity contribution in [3.8, 4) is 0 Å². The van der Waals surface area contributed by atoms with Crippen molar-refractivity contribution < 1.29 is 13.2 Å². The monoisotopic (exact) mass is 354 g/mol. The van der Waals surface area contributed by atoms with Gasteiger partial charge in [-0.1, -0.05) is 12.8 Å². The lowest BCUT2D eigenvalue weighted by Crippen LogP contribution is -2.33. The van der Waals surface area contributed by atoms with Crippen LogP contribution in [0.25, 0.3) is 5.78 Å². The number of alkyl halides is 3. The van der Waals surface area contributed by atoms with Crippen molar-refractivity contribution in [3.63, 3.8) is 0 Å². The van der Waals surface area contributed by atoms with Crippen LogP contribution in [0.1, 0.15) is 43.6 Å². The topological polar surface area (TPSA) is 58.4 Å². The van der Waals surface area contributed by atoms with Crippen molar-refractivity contribution in [2.45, 2.75) is 57.3 Å². The molecule has 136 valence electrons. The molecule has 0 spiro atoms. The fraction of sp³-hybridized carbons (Fsp3) is 0.688. The molecule has 2 fully saturated rings. The Kier molecular flexibility index (Phi) is 4.05. The van der Waals surface area contributed by atoms with Gasteiger partial charge in [-0.25, -0.2) is 4.98 Å².